The van der Waals surface area contributed by atoms with E-state index in [-0.39, 0.29) is 48.3 Å². The van der Waals surface area contributed by atoms with Gasteiger partial charge in [0.1, 0.15) is 0 Å². The van der Waals surface area contributed by atoms with Gasteiger partial charge < -0.3 is 19.8 Å². The molecule has 1 fully saturated rings. The van der Waals surface area contributed by atoms with Gasteiger partial charge >= 0.3 is 5.97 Å². The highest BCUT2D eigenvalue weighted by Crippen LogP contribution is 2.28. The Morgan fingerprint density at radius 3 is 2.89 bits per heavy atom. The van der Waals surface area contributed by atoms with Crippen LogP contribution in [0.2, 0.25) is 0 Å². The molecule has 28 heavy (non-hydrogen) atoms. The Kier molecular flexibility index (Phi) is 6.41. The summed E-state index contributed by atoms with van der Waals surface area (Å²) < 4.78 is 11.3. The minimum atomic E-state index is -0.546. The molecule has 2 N–H and O–H groups in total. The molecule has 10 heteroatoms. The second-order valence-electron chi connectivity index (χ2n) is 6.58. The van der Waals surface area contributed by atoms with E-state index in [1.165, 1.54) is 13.4 Å². The minimum absolute atomic E-state index is 0.0821. The summed E-state index contributed by atoms with van der Waals surface area (Å²) in [6.07, 6.45) is 6.75. The number of amides is 2. The first-order valence-corrected chi connectivity index (χ1v) is 9.19. The Morgan fingerprint density at radius 2 is 2.14 bits per heavy atom. The van der Waals surface area contributed by atoms with Crippen molar-refractivity contribution in [3.8, 4) is 0 Å². The molecule has 2 amide bonds. The van der Waals surface area contributed by atoms with Crippen molar-refractivity contribution in [1.29, 1.82) is 0 Å². The molecule has 0 unspecified atom stereocenters. The van der Waals surface area contributed by atoms with Crippen LogP contribution in [-0.2, 0) is 9.53 Å². The molecule has 2 aromatic heterocycles. The van der Waals surface area contributed by atoms with Gasteiger partial charge in [-0.1, -0.05) is 18.1 Å². The number of aromatic nitrogens is 3. The number of methoxy groups -OCH3 is 1. The van der Waals surface area contributed by atoms with Gasteiger partial charge in [0.15, 0.2) is 11.5 Å². The molecule has 1 aliphatic rings. The molecule has 2 heterocycles. The van der Waals surface area contributed by atoms with Gasteiger partial charge in [0.05, 0.1) is 31.7 Å². The number of esters is 1. The van der Waals surface area contributed by atoms with Gasteiger partial charge in [0.25, 0.3) is 5.91 Å². The molecule has 150 valence electrons. The maximum atomic E-state index is 12.3. The zero-order valence-corrected chi connectivity index (χ0v) is 15.6. The number of rotatable bonds is 7. The number of nitrogens with one attached hydrogen (secondary N) is 2. The molecular formula is C18H23N5O5. The predicted octanol–water partition coefficient (Wildman–Crippen LogP) is 1.08. The Labute approximate surface area is 161 Å². The lowest BCUT2D eigenvalue weighted by atomic mass is 9.90. The topological polar surface area (TPSA) is 128 Å². The van der Waals surface area contributed by atoms with Gasteiger partial charge in [0.2, 0.25) is 5.91 Å². The van der Waals surface area contributed by atoms with Crippen molar-refractivity contribution in [2.45, 2.75) is 44.2 Å². The van der Waals surface area contributed by atoms with Gasteiger partial charge in [-0.25, -0.2) is 9.48 Å². The number of carbonyl (C=O) groups is 3. The van der Waals surface area contributed by atoms with Crippen LogP contribution < -0.4 is 10.6 Å². The van der Waals surface area contributed by atoms with Crippen molar-refractivity contribution in [1.82, 2.24) is 25.6 Å². The van der Waals surface area contributed by atoms with Crippen LogP contribution in [0.5, 0.6) is 0 Å². The molecule has 3 rings (SSSR count). The molecule has 1 aliphatic carbocycles. The van der Waals surface area contributed by atoms with Crippen LogP contribution >= 0.6 is 0 Å². The molecule has 0 aromatic carbocycles. The highest BCUT2D eigenvalue weighted by Gasteiger charge is 2.29. The Bertz CT molecular complexity index is 816. The number of ether oxygens (including phenoxy) is 1. The Morgan fingerprint density at radius 1 is 1.32 bits per heavy atom. The van der Waals surface area contributed by atoms with Crippen molar-refractivity contribution in [3.63, 3.8) is 0 Å². The molecule has 0 radical (unpaired) electrons. The summed E-state index contributed by atoms with van der Waals surface area (Å²) in [4.78, 5) is 35.7. The summed E-state index contributed by atoms with van der Waals surface area (Å²) in [5, 5.41) is 13.5. The lowest BCUT2D eigenvalue weighted by Gasteiger charge is -2.32. The van der Waals surface area contributed by atoms with Gasteiger partial charge in [-0.3, -0.25) is 9.59 Å². The van der Waals surface area contributed by atoms with Gasteiger partial charge in [-0.05, 0) is 25.0 Å². The summed E-state index contributed by atoms with van der Waals surface area (Å²) in [5.74, 6) is -0.855. The average molecular weight is 389 g/mol. The first-order chi connectivity index (χ1) is 13.6. The van der Waals surface area contributed by atoms with E-state index in [4.69, 9.17) is 4.42 Å². The van der Waals surface area contributed by atoms with E-state index < -0.39 is 5.97 Å². The Balaban J connectivity index is 1.52. The van der Waals surface area contributed by atoms with E-state index in [1.54, 1.807) is 23.0 Å². The van der Waals surface area contributed by atoms with Crippen LogP contribution in [0.15, 0.2) is 29.0 Å². The van der Waals surface area contributed by atoms with Crippen molar-refractivity contribution >= 4 is 17.8 Å². The summed E-state index contributed by atoms with van der Waals surface area (Å²) in [6, 6.07) is 2.99. The van der Waals surface area contributed by atoms with Crippen LogP contribution in [-0.4, -0.2) is 52.5 Å². The van der Waals surface area contributed by atoms with Crippen LogP contribution in [0.3, 0.4) is 0 Å². The first kappa shape index (κ1) is 19.6. The smallest absolute Gasteiger partial charge is 0.360 e. The van der Waals surface area contributed by atoms with E-state index in [1.807, 2.05) is 0 Å². The third kappa shape index (κ3) is 4.76. The fourth-order valence-electron chi connectivity index (χ4n) is 3.30. The van der Waals surface area contributed by atoms with Crippen LogP contribution in [0.1, 0.15) is 59.2 Å². The fraction of sp³-hybridized carbons (Fsp3) is 0.500. The van der Waals surface area contributed by atoms with Gasteiger partial charge in [-0.2, -0.15) is 0 Å². The van der Waals surface area contributed by atoms with Gasteiger partial charge in [-0.15, -0.1) is 5.10 Å². The number of hydrogen-bond acceptors (Lipinski definition) is 7. The molecule has 1 saturated carbocycles. The third-order valence-corrected chi connectivity index (χ3v) is 4.70. The molecule has 0 saturated heterocycles. The second kappa shape index (κ2) is 9.16. The highest BCUT2D eigenvalue weighted by molar-refractivity contribution is 5.91. The van der Waals surface area contributed by atoms with E-state index in [0.717, 1.165) is 25.7 Å². The van der Waals surface area contributed by atoms with Crippen molar-refractivity contribution in [2.24, 2.45) is 0 Å². The lowest BCUT2D eigenvalue weighted by molar-refractivity contribution is -0.122. The van der Waals surface area contributed by atoms with E-state index >= 15 is 0 Å². The maximum absolute atomic E-state index is 12.3. The van der Waals surface area contributed by atoms with Crippen LogP contribution in [0, 0.1) is 0 Å². The maximum Gasteiger partial charge on any atom is 0.360 e. The molecular weight excluding hydrogens is 366 g/mol. The minimum Gasteiger partial charge on any atom is -0.464 e. The summed E-state index contributed by atoms with van der Waals surface area (Å²) in [6.45, 7) is 0.207. The fourth-order valence-corrected chi connectivity index (χ4v) is 3.30. The number of carbonyl (C=O) groups excluding carboxylic acids is 3. The standard InChI is InChI=1S/C18H23N5O5/c1-27-18(26)13-11-23(22-21-13)14-6-3-2-5-12(14)20-16(24)8-9-19-17(25)15-7-4-10-28-15/h4,7,10-12,14H,2-3,5-6,8-9H2,1H3,(H,19,25)(H,20,24)/t12-,14+/m1/s1. The molecule has 0 bridgehead atoms. The molecule has 0 spiro atoms. The molecule has 10 nitrogen and oxygen atoms in total. The SMILES string of the molecule is COC(=O)c1cn([C@H]2CCCC[C@H]2NC(=O)CCNC(=O)c2ccco2)nn1. The number of nitrogens with zero attached hydrogens (tertiary/aromatic N) is 3. The van der Waals surface area contributed by atoms with Gasteiger partial charge in [0, 0.05) is 13.0 Å². The first-order valence-electron chi connectivity index (χ1n) is 9.19. The Hall–Kier alpha value is -3.17. The normalized spacial score (nSPS) is 19.0. The van der Waals surface area contributed by atoms with Crippen LogP contribution in [0.25, 0.3) is 0 Å². The van der Waals surface area contributed by atoms with E-state index in [9.17, 15) is 14.4 Å². The monoisotopic (exact) mass is 389 g/mol. The van der Waals surface area contributed by atoms with Crippen molar-refractivity contribution in [2.75, 3.05) is 13.7 Å². The number of hydrogen-bond donors (Lipinski definition) is 2. The molecule has 2 atom stereocenters. The number of furan rings is 1. The largest absolute Gasteiger partial charge is 0.464 e. The summed E-state index contributed by atoms with van der Waals surface area (Å²) in [5.41, 5.74) is 0.138. The quantitative estimate of drug-likeness (QED) is 0.678. The molecule has 2 aromatic rings. The predicted molar refractivity (Wildman–Crippen MR) is 96.5 cm³/mol. The average Bonchev–Trinajstić information content (AvgIpc) is 3.40. The lowest BCUT2D eigenvalue weighted by Crippen LogP contribution is -2.44. The van der Waals surface area contributed by atoms with Crippen molar-refractivity contribution in [3.05, 3.63) is 36.0 Å². The second-order valence-corrected chi connectivity index (χ2v) is 6.58. The zero-order valence-electron chi connectivity index (χ0n) is 15.6. The third-order valence-electron chi connectivity index (χ3n) is 4.70. The van der Waals surface area contributed by atoms with E-state index in [2.05, 4.69) is 25.7 Å². The highest BCUT2D eigenvalue weighted by atomic mass is 16.5. The van der Waals surface area contributed by atoms with E-state index in [0.29, 0.717) is 0 Å². The summed E-state index contributed by atoms with van der Waals surface area (Å²) in [7, 11) is 1.29. The van der Waals surface area contributed by atoms with Crippen LogP contribution in [0.4, 0.5) is 0 Å². The zero-order chi connectivity index (χ0) is 19.9. The van der Waals surface area contributed by atoms with Crippen molar-refractivity contribution < 1.29 is 23.5 Å². The molecule has 0 aliphatic heterocycles. The summed E-state index contributed by atoms with van der Waals surface area (Å²) >= 11 is 0.